The summed E-state index contributed by atoms with van der Waals surface area (Å²) in [4.78, 5) is 1.48. The van der Waals surface area contributed by atoms with Gasteiger partial charge in [0.15, 0.2) is 0 Å². The van der Waals surface area contributed by atoms with E-state index in [2.05, 4.69) is 35.8 Å². The largest absolute Gasteiger partial charge is 0.310 e. The summed E-state index contributed by atoms with van der Waals surface area (Å²) in [6.45, 7) is 1.16. The molecule has 0 spiro atoms. The second kappa shape index (κ2) is 8.13. The van der Waals surface area contributed by atoms with Crippen LogP contribution in [0.4, 0.5) is 0 Å². The predicted molar refractivity (Wildman–Crippen MR) is 84.8 cm³/mol. The van der Waals surface area contributed by atoms with Crippen LogP contribution in [0.2, 0.25) is 0 Å². The van der Waals surface area contributed by atoms with Gasteiger partial charge in [0.1, 0.15) is 0 Å². The Morgan fingerprint density at radius 2 is 2.17 bits per heavy atom. The lowest BCUT2D eigenvalue weighted by atomic mass is 10.0. The van der Waals surface area contributed by atoms with Crippen molar-refractivity contribution in [2.75, 3.05) is 24.3 Å². The number of unbranched alkanes of at least 4 members (excludes halogenated alkanes) is 2. The Morgan fingerprint density at radius 1 is 1.28 bits per heavy atom. The average Bonchev–Trinajstić information content (AvgIpc) is 2.43. The van der Waals surface area contributed by atoms with E-state index in [1.165, 1.54) is 47.6 Å². The van der Waals surface area contributed by atoms with Crippen molar-refractivity contribution in [2.45, 2.75) is 36.6 Å². The van der Waals surface area contributed by atoms with Crippen molar-refractivity contribution >= 4 is 23.5 Å². The van der Waals surface area contributed by atoms with Crippen molar-refractivity contribution in [1.29, 1.82) is 0 Å². The number of nitrogens with one attached hydrogen (secondary N) is 1. The van der Waals surface area contributed by atoms with Crippen LogP contribution in [0.1, 0.15) is 37.3 Å². The third-order valence-corrected chi connectivity index (χ3v) is 5.19. The minimum absolute atomic E-state index is 0.586. The zero-order chi connectivity index (χ0) is 12.6. The standard InChI is InChI=1S/C15H23NS2/c1-17-11-6-2-5-10-16-14-9-12-18-15-8-4-3-7-13(14)15/h3-4,7-8,14,16H,2,5-6,9-12H2,1H3. The molecule has 1 aliphatic heterocycles. The summed E-state index contributed by atoms with van der Waals surface area (Å²) in [5.74, 6) is 2.56. The minimum atomic E-state index is 0.586. The van der Waals surface area contributed by atoms with Crippen molar-refractivity contribution in [2.24, 2.45) is 0 Å². The van der Waals surface area contributed by atoms with Gasteiger partial charge in [-0.2, -0.15) is 11.8 Å². The highest BCUT2D eigenvalue weighted by Gasteiger charge is 2.18. The second-order valence-electron chi connectivity index (χ2n) is 4.74. The molecule has 0 saturated heterocycles. The molecule has 18 heavy (non-hydrogen) atoms. The van der Waals surface area contributed by atoms with Gasteiger partial charge in [-0.05, 0) is 55.2 Å². The Hall–Kier alpha value is -0.120. The fourth-order valence-electron chi connectivity index (χ4n) is 2.38. The van der Waals surface area contributed by atoms with Crippen LogP contribution >= 0.6 is 23.5 Å². The summed E-state index contributed by atoms with van der Waals surface area (Å²) in [6.07, 6.45) is 7.49. The first-order chi connectivity index (χ1) is 8.92. The highest BCUT2D eigenvalue weighted by atomic mass is 32.2. The number of hydrogen-bond donors (Lipinski definition) is 1. The third-order valence-electron chi connectivity index (χ3n) is 3.37. The normalized spacial score (nSPS) is 18.6. The van der Waals surface area contributed by atoms with E-state index in [-0.39, 0.29) is 0 Å². The molecule has 1 aromatic rings. The van der Waals surface area contributed by atoms with Gasteiger partial charge in [0.25, 0.3) is 0 Å². The highest BCUT2D eigenvalue weighted by Crippen LogP contribution is 2.35. The molecule has 0 fully saturated rings. The predicted octanol–water partition coefficient (Wildman–Crippen LogP) is 4.35. The molecule has 0 bridgehead atoms. The number of fused-ring (bicyclic) bond motifs is 1. The van der Waals surface area contributed by atoms with Crippen LogP contribution in [0.25, 0.3) is 0 Å². The fourth-order valence-corrected chi connectivity index (χ4v) is 4.00. The second-order valence-corrected chi connectivity index (χ2v) is 6.86. The Kier molecular flexibility index (Phi) is 6.46. The molecule has 0 saturated carbocycles. The molecule has 1 nitrogen and oxygen atoms in total. The van der Waals surface area contributed by atoms with Gasteiger partial charge in [-0.15, -0.1) is 11.8 Å². The smallest absolute Gasteiger partial charge is 0.0339 e. The van der Waals surface area contributed by atoms with Crippen LogP contribution in [0.3, 0.4) is 0 Å². The van der Waals surface area contributed by atoms with Crippen molar-refractivity contribution < 1.29 is 0 Å². The third kappa shape index (κ3) is 4.22. The van der Waals surface area contributed by atoms with Crippen LogP contribution in [0.5, 0.6) is 0 Å². The molecular formula is C15H23NS2. The van der Waals surface area contributed by atoms with Crippen molar-refractivity contribution in [3.8, 4) is 0 Å². The van der Waals surface area contributed by atoms with E-state index in [0.717, 1.165) is 6.54 Å². The van der Waals surface area contributed by atoms with Crippen LogP contribution < -0.4 is 5.32 Å². The number of benzene rings is 1. The molecule has 0 radical (unpaired) electrons. The summed E-state index contributed by atoms with van der Waals surface area (Å²) in [5.41, 5.74) is 1.51. The molecule has 3 heteroatoms. The van der Waals surface area contributed by atoms with E-state index in [1.807, 2.05) is 23.5 Å². The van der Waals surface area contributed by atoms with E-state index in [1.54, 1.807) is 0 Å². The SMILES string of the molecule is CSCCCCCNC1CCSc2ccccc21. The highest BCUT2D eigenvalue weighted by molar-refractivity contribution is 7.99. The number of thioether (sulfide) groups is 2. The van der Waals surface area contributed by atoms with E-state index >= 15 is 0 Å². The Bertz CT molecular complexity index is 354. The van der Waals surface area contributed by atoms with Gasteiger partial charge in [0.05, 0.1) is 0 Å². The van der Waals surface area contributed by atoms with E-state index in [4.69, 9.17) is 0 Å². The molecule has 1 atom stereocenters. The van der Waals surface area contributed by atoms with Crippen molar-refractivity contribution in [1.82, 2.24) is 5.32 Å². The molecule has 100 valence electrons. The van der Waals surface area contributed by atoms with Crippen LogP contribution in [-0.2, 0) is 0 Å². The molecule has 1 heterocycles. The van der Waals surface area contributed by atoms with E-state index in [0.29, 0.717) is 6.04 Å². The quantitative estimate of drug-likeness (QED) is 0.746. The first-order valence-corrected chi connectivity index (χ1v) is 9.24. The Balaban J connectivity index is 1.74. The van der Waals surface area contributed by atoms with Gasteiger partial charge in [0, 0.05) is 10.9 Å². The van der Waals surface area contributed by atoms with Gasteiger partial charge in [-0.25, -0.2) is 0 Å². The minimum Gasteiger partial charge on any atom is -0.310 e. The lowest BCUT2D eigenvalue weighted by molar-refractivity contribution is 0.495. The summed E-state index contributed by atoms with van der Waals surface area (Å²) < 4.78 is 0. The molecule has 0 aliphatic carbocycles. The van der Waals surface area contributed by atoms with Crippen LogP contribution in [-0.4, -0.2) is 24.3 Å². The number of hydrogen-bond acceptors (Lipinski definition) is 3. The molecule has 0 aromatic heterocycles. The van der Waals surface area contributed by atoms with Crippen molar-refractivity contribution in [3.63, 3.8) is 0 Å². The van der Waals surface area contributed by atoms with E-state index < -0.39 is 0 Å². The summed E-state index contributed by atoms with van der Waals surface area (Å²) in [5, 5.41) is 3.73. The Labute approximate surface area is 120 Å². The zero-order valence-electron chi connectivity index (χ0n) is 11.2. The molecule has 1 N–H and O–H groups in total. The van der Waals surface area contributed by atoms with Crippen LogP contribution in [0, 0.1) is 0 Å². The molecule has 1 aromatic carbocycles. The number of rotatable bonds is 7. The van der Waals surface area contributed by atoms with Gasteiger partial charge >= 0.3 is 0 Å². The van der Waals surface area contributed by atoms with Crippen molar-refractivity contribution in [3.05, 3.63) is 29.8 Å². The lowest BCUT2D eigenvalue weighted by Gasteiger charge is -2.26. The molecule has 1 aliphatic rings. The molecular weight excluding hydrogens is 258 g/mol. The first-order valence-electron chi connectivity index (χ1n) is 6.86. The average molecular weight is 281 g/mol. The summed E-state index contributed by atoms with van der Waals surface area (Å²) in [7, 11) is 0. The zero-order valence-corrected chi connectivity index (χ0v) is 12.8. The maximum absolute atomic E-state index is 3.73. The van der Waals surface area contributed by atoms with Gasteiger partial charge in [0.2, 0.25) is 0 Å². The first kappa shape index (κ1) is 14.3. The Morgan fingerprint density at radius 3 is 3.06 bits per heavy atom. The fraction of sp³-hybridized carbons (Fsp3) is 0.600. The molecule has 1 unspecified atom stereocenters. The van der Waals surface area contributed by atoms with Crippen LogP contribution in [0.15, 0.2) is 29.2 Å². The monoisotopic (exact) mass is 281 g/mol. The van der Waals surface area contributed by atoms with Gasteiger partial charge in [-0.1, -0.05) is 24.6 Å². The van der Waals surface area contributed by atoms with Gasteiger partial charge in [-0.3, -0.25) is 0 Å². The topological polar surface area (TPSA) is 12.0 Å². The summed E-state index contributed by atoms with van der Waals surface area (Å²) >= 11 is 3.96. The summed E-state index contributed by atoms with van der Waals surface area (Å²) in [6, 6.07) is 9.44. The molecule has 0 amide bonds. The maximum atomic E-state index is 3.73. The lowest BCUT2D eigenvalue weighted by Crippen LogP contribution is -2.25. The maximum Gasteiger partial charge on any atom is 0.0339 e. The van der Waals surface area contributed by atoms with E-state index in [9.17, 15) is 0 Å². The molecule has 2 rings (SSSR count). The van der Waals surface area contributed by atoms with Gasteiger partial charge < -0.3 is 5.32 Å².